The van der Waals surface area contributed by atoms with E-state index in [0.717, 1.165) is 6.42 Å². The summed E-state index contributed by atoms with van der Waals surface area (Å²) in [5.74, 6) is 0.878. The highest BCUT2D eigenvalue weighted by atomic mass is 16.5. The van der Waals surface area contributed by atoms with E-state index in [-0.39, 0.29) is 0 Å². The zero-order valence-electron chi connectivity index (χ0n) is 10.7. The predicted octanol–water partition coefficient (Wildman–Crippen LogP) is 1.99. The average Bonchev–Trinajstić information content (AvgIpc) is 2.89. The van der Waals surface area contributed by atoms with Crippen molar-refractivity contribution in [2.75, 3.05) is 12.8 Å². The van der Waals surface area contributed by atoms with E-state index in [2.05, 4.69) is 15.1 Å². The molecule has 2 aromatic rings. The largest absolute Gasteiger partial charge is 0.397 e. The van der Waals surface area contributed by atoms with Crippen molar-refractivity contribution in [3.05, 3.63) is 24.2 Å². The maximum absolute atomic E-state index is 5.57. The number of anilines is 1. The molecule has 0 aliphatic heterocycles. The number of hydrogen-bond donors (Lipinski definition) is 1. The molecule has 0 radical (unpaired) electrons. The molecule has 0 fully saturated rings. The normalized spacial score (nSPS) is 14.4. The predicted molar refractivity (Wildman–Crippen MR) is 66.6 cm³/mol. The third-order valence-corrected chi connectivity index (χ3v) is 3.03. The third-order valence-electron chi connectivity index (χ3n) is 3.03. The third kappa shape index (κ3) is 2.19. The van der Waals surface area contributed by atoms with Gasteiger partial charge in [-0.1, -0.05) is 12.1 Å². The van der Waals surface area contributed by atoms with Crippen LogP contribution in [0.5, 0.6) is 0 Å². The second-order valence-electron chi connectivity index (χ2n) is 4.19. The Morgan fingerprint density at radius 2 is 2.22 bits per heavy atom. The molecule has 1 atom stereocenters. The van der Waals surface area contributed by atoms with Gasteiger partial charge in [0.15, 0.2) is 0 Å². The van der Waals surface area contributed by atoms with Crippen molar-refractivity contribution in [2.45, 2.75) is 25.9 Å². The van der Waals surface area contributed by atoms with E-state index in [1.807, 2.05) is 13.8 Å². The molecule has 2 aromatic heterocycles. The van der Waals surface area contributed by atoms with Crippen LogP contribution in [0.4, 0.5) is 5.69 Å². The summed E-state index contributed by atoms with van der Waals surface area (Å²) in [6.07, 6.45) is 2.30. The smallest absolute Gasteiger partial charge is 0.276 e. The zero-order valence-corrected chi connectivity index (χ0v) is 10.7. The lowest BCUT2D eigenvalue weighted by molar-refractivity contribution is -0.0106. The Bertz CT molecular complexity index is 517. The monoisotopic (exact) mass is 248 g/mol. The van der Waals surface area contributed by atoms with Crippen molar-refractivity contribution in [2.24, 2.45) is 0 Å². The summed E-state index contributed by atoms with van der Waals surface area (Å²) in [5, 5.41) is 3.95. The van der Waals surface area contributed by atoms with Gasteiger partial charge in [0.2, 0.25) is 5.82 Å². The summed E-state index contributed by atoms with van der Waals surface area (Å²) >= 11 is 0. The molecule has 0 saturated carbocycles. The molecule has 96 valence electrons. The Morgan fingerprint density at radius 1 is 1.44 bits per heavy atom. The van der Waals surface area contributed by atoms with Crippen LogP contribution < -0.4 is 5.73 Å². The van der Waals surface area contributed by atoms with Crippen LogP contribution >= 0.6 is 0 Å². The van der Waals surface area contributed by atoms with Crippen molar-refractivity contribution in [1.82, 2.24) is 15.1 Å². The van der Waals surface area contributed by atoms with Crippen molar-refractivity contribution < 1.29 is 9.26 Å². The molecule has 0 bridgehead atoms. The number of pyridine rings is 1. The molecular formula is C12H16N4O2. The van der Waals surface area contributed by atoms with Gasteiger partial charge >= 0.3 is 0 Å². The lowest BCUT2D eigenvalue weighted by Crippen LogP contribution is -2.24. The van der Waals surface area contributed by atoms with Gasteiger partial charge in [0, 0.05) is 7.11 Å². The summed E-state index contributed by atoms with van der Waals surface area (Å²) in [6, 6.07) is 3.48. The Kier molecular flexibility index (Phi) is 3.29. The highest BCUT2D eigenvalue weighted by Crippen LogP contribution is 2.27. The molecule has 2 rings (SSSR count). The van der Waals surface area contributed by atoms with Crippen LogP contribution in [0.3, 0.4) is 0 Å². The van der Waals surface area contributed by atoms with Crippen LogP contribution in [-0.2, 0) is 10.3 Å². The van der Waals surface area contributed by atoms with E-state index >= 15 is 0 Å². The second kappa shape index (κ2) is 4.73. The minimum absolute atomic E-state index is 0.363. The fourth-order valence-corrected chi connectivity index (χ4v) is 1.47. The molecule has 6 heteroatoms. The van der Waals surface area contributed by atoms with E-state index in [9.17, 15) is 0 Å². The summed E-state index contributed by atoms with van der Waals surface area (Å²) in [4.78, 5) is 8.45. The lowest BCUT2D eigenvalue weighted by Gasteiger charge is -2.21. The Morgan fingerprint density at radius 3 is 2.78 bits per heavy atom. The first-order valence-electron chi connectivity index (χ1n) is 5.70. The number of methoxy groups -OCH3 is 1. The van der Waals surface area contributed by atoms with E-state index in [1.165, 1.54) is 0 Å². The molecule has 2 heterocycles. The average molecular weight is 248 g/mol. The Balaban J connectivity index is 2.33. The molecule has 1 unspecified atom stereocenters. The second-order valence-corrected chi connectivity index (χ2v) is 4.19. The van der Waals surface area contributed by atoms with Crippen LogP contribution in [0.1, 0.15) is 26.1 Å². The van der Waals surface area contributed by atoms with Crippen molar-refractivity contribution >= 4 is 5.69 Å². The van der Waals surface area contributed by atoms with Gasteiger partial charge in [-0.05, 0) is 25.5 Å². The number of nitrogens with zero attached hydrogens (tertiary/aromatic N) is 3. The van der Waals surface area contributed by atoms with Crippen LogP contribution in [0, 0.1) is 0 Å². The maximum Gasteiger partial charge on any atom is 0.276 e. The van der Waals surface area contributed by atoms with Gasteiger partial charge in [-0.25, -0.2) is 4.98 Å². The number of nitrogens with two attached hydrogens (primary N) is 1. The number of ether oxygens (including phenoxy) is 1. The molecular weight excluding hydrogens is 232 g/mol. The quantitative estimate of drug-likeness (QED) is 0.890. The molecule has 0 spiro atoms. The number of rotatable bonds is 4. The topological polar surface area (TPSA) is 87.1 Å². The van der Waals surface area contributed by atoms with Crippen LogP contribution in [0.15, 0.2) is 22.9 Å². The summed E-state index contributed by atoms with van der Waals surface area (Å²) < 4.78 is 10.6. The zero-order chi connectivity index (χ0) is 13.2. The van der Waals surface area contributed by atoms with Gasteiger partial charge < -0.3 is 15.0 Å². The van der Waals surface area contributed by atoms with Gasteiger partial charge in [-0.15, -0.1) is 0 Å². The van der Waals surface area contributed by atoms with Gasteiger partial charge in [0.25, 0.3) is 5.89 Å². The fourth-order valence-electron chi connectivity index (χ4n) is 1.47. The standard InChI is InChI=1S/C12H16N4O2/c1-4-12(2,17-3)11-15-10(18-16-11)9-6-5-8(13)7-14-9/h5-7H,4,13H2,1-3H3. The van der Waals surface area contributed by atoms with Gasteiger partial charge in [-0.2, -0.15) is 4.98 Å². The maximum atomic E-state index is 5.57. The van der Waals surface area contributed by atoms with E-state index in [4.69, 9.17) is 15.0 Å². The first kappa shape index (κ1) is 12.5. The Hall–Kier alpha value is -1.95. The van der Waals surface area contributed by atoms with Crippen molar-refractivity contribution in [3.63, 3.8) is 0 Å². The first-order chi connectivity index (χ1) is 8.59. The van der Waals surface area contributed by atoms with Gasteiger partial charge in [-0.3, -0.25) is 0 Å². The van der Waals surface area contributed by atoms with Crippen LogP contribution in [0.2, 0.25) is 0 Å². The highest BCUT2D eigenvalue weighted by Gasteiger charge is 2.30. The molecule has 0 amide bonds. The molecule has 18 heavy (non-hydrogen) atoms. The molecule has 0 aliphatic rings. The van der Waals surface area contributed by atoms with Gasteiger partial charge in [0.1, 0.15) is 11.3 Å². The molecule has 0 aliphatic carbocycles. The SMILES string of the molecule is CCC(C)(OC)c1noc(-c2ccc(N)cn2)n1. The lowest BCUT2D eigenvalue weighted by atomic mass is 10.0. The number of aromatic nitrogens is 3. The molecule has 2 N–H and O–H groups in total. The number of hydrogen-bond acceptors (Lipinski definition) is 6. The van der Waals surface area contributed by atoms with Crippen LogP contribution in [0.25, 0.3) is 11.6 Å². The van der Waals surface area contributed by atoms with Crippen molar-refractivity contribution in [1.29, 1.82) is 0 Å². The minimum atomic E-state index is -0.546. The van der Waals surface area contributed by atoms with Gasteiger partial charge in [0.05, 0.1) is 11.9 Å². The van der Waals surface area contributed by atoms with E-state index in [1.54, 1.807) is 25.4 Å². The molecule has 0 aromatic carbocycles. The summed E-state index contributed by atoms with van der Waals surface area (Å²) in [5.41, 5.74) is 6.21. The molecule has 0 saturated heterocycles. The van der Waals surface area contributed by atoms with Crippen molar-refractivity contribution in [3.8, 4) is 11.6 Å². The van der Waals surface area contributed by atoms with Crippen LogP contribution in [-0.4, -0.2) is 22.2 Å². The highest BCUT2D eigenvalue weighted by molar-refractivity contribution is 5.50. The molecule has 6 nitrogen and oxygen atoms in total. The summed E-state index contributed by atoms with van der Waals surface area (Å²) in [7, 11) is 1.63. The number of nitrogen functional groups attached to an aromatic ring is 1. The van der Waals surface area contributed by atoms with E-state index in [0.29, 0.717) is 23.1 Å². The van der Waals surface area contributed by atoms with E-state index < -0.39 is 5.60 Å². The summed E-state index contributed by atoms with van der Waals surface area (Å²) in [6.45, 7) is 3.92. The first-order valence-corrected chi connectivity index (χ1v) is 5.70. The Labute approximate surface area is 105 Å². The fraction of sp³-hybridized carbons (Fsp3) is 0.417. The minimum Gasteiger partial charge on any atom is -0.397 e.